The fraction of sp³-hybridized carbons (Fsp3) is 0.226. The average Bonchev–Trinajstić information content (AvgIpc) is 3.54. The maximum atomic E-state index is 13.6. The topological polar surface area (TPSA) is 92.6 Å². The normalized spacial score (nSPS) is 16.3. The van der Waals surface area contributed by atoms with E-state index in [1.165, 1.54) is 40.9 Å². The monoisotopic (exact) mass is 657 g/mol. The number of nitrogens with zero attached hydrogens (tertiary/aromatic N) is 3. The number of thioether (sulfide) groups is 1. The molecule has 0 spiro atoms. The van der Waals surface area contributed by atoms with Crippen molar-refractivity contribution in [1.82, 2.24) is 10.2 Å². The van der Waals surface area contributed by atoms with Gasteiger partial charge in [-0.2, -0.15) is 0 Å². The molecule has 1 aliphatic heterocycles. The van der Waals surface area contributed by atoms with E-state index in [2.05, 4.69) is 24.0 Å². The Morgan fingerprint density at radius 1 is 1.09 bits per heavy atom. The van der Waals surface area contributed by atoms with Gasteiger partial charge in [-0.25, -0.2) is 4.39 Å². The van der Waals surface area contributed by atoms with Crippen molar-refractivity contribution in [2.75, 3.05) is 11.5 Å². The lowest BCUT2D eigenvalue weighted by Crippen LogP contribution is -2.29. The lowest BCUT2D eigenvalue weighted by atomic mass is 9.95. The summed E-state index contributed by atoms with van der Waals surface area (Å²) in [4.78, 5) is 28.2. The second-order valence-corrected chi connectivity index (χ2v) is 13.2. The maximum Gasteiger partial charge on any atom is 0.301 e. The van der Waals surface area contributed by atoms with Crippen molar-refractivity contribution < 1.29 is 23.8 Å². The van der Waals surface area contributed by atoms with Gasteiger partial charge in [-0.15, -0.1) is 10.2 Å². The number of aromatic nitrogens is 2. The number of aliphatic hydroxyl groups is 1. The molecule has 12 heteroatoms. The third-order valence-corrected chi connectivity index (χ3v) is 9.36. The van der Waals surface area contributed by atoms with E-state index in [-0.39, 0.29) is 16.3 Å². The number of halogens is 3. The van der Waals surface area contributed by atoms with Gasteiger partial charge in [0.1, 0.15) is 17.3 Å². The molecule has 1 atom stereocenters. The molecule has 1 aromatic heterocycles. The molecule has 0 aliphatic carbocycles. The number of hydrogen-bond donors (Lipinski definition) is 1. The molecule has 43 heavy (non-hydrogen) atoms. The summed E-state index contributed by atoms with van der Waals surface area (Å²) in [6.45, 7) is 4.69. The number of carbonyl (C=O) groups excluding carboxylic acids is 2. The summed E-state index contributed by atoms with van der Waals surface area (Å²) in [5.41, 5.74) is 1.43. The van der Waals surface area contributed by atoms with Crippen LogP contribution < -0.4 is 9.64 Å². The Labute approximate surface area is 266 Å². The molecule has 1 amide bonds. The van der Waals surface area contributed by atoms with Gasteiger partial charge in [0, 0.05) is 21.4 Å². The van der Waals surface area contributed by atoms with E-state index in [1.807, 2.05) is 6.07 Å². The molecular weight excluding hydrogens is 632 g/mol. The molecule has 3 aromatic carbocycles. The number of ketones is 1. The molecule has 2 heterocycles. The molecule has 1 unspecified atom stereocenters. The number of hydrogen-bond acceptors (Lipinski definition) is 8. The van der Waals surface area contributed by atoms with Gasteiger partial charge < -0.3 is 9.84 Å². The largest absolute Gasteiger partial charge is 0.507 e. The summed E-state index contributed by atoms with van der Waals surface area (Å²) in [7, 11) is 0. The quantitative estimate of drug-likeness (QED) is 0.0602. The summed E-state index contributed by atoms with van der Waals surface area (Å²) in [6, 6.07) is 16.3. The number of carbonyl (C=O) groups is 2. The molecule has 7 nitrogen and oxygen atoms in total. The molecule has 0 radical (unpaired) electrons. The highest BCUT2D eigenvalue weighted by molar-refractivity contribution is 8.00. The molecular formula is C31H26Cl2FN3O4S2. The van der Waals surface area contributed by atoms with E-state index < -0.39 is 29.3 Å². The molecule has 0 saturated carbocycles. The van der Waals surface area contributed by atoms with Crippen molar-refractivity contribution in [1.29, 1.82) is 0 Å². The average molecular weight is 659 g/mol. The van der Waals surface area contributed by atoms with Gasteiger partial charge in [0.25, 0.3) is 5.78 Å². The van der Waals surface area contributed by atoms with Crippen LogP contribution in [-0.4, -0.2) is 33.6 Å². The molecule has 1 saturated heterocycles. The first-order valence-electron chi connectivity index (χ1n) is 13.3. The molecule has 5 rings (SSSR count). The van der Waals surface area contributed by atoms with Gasteiger partial charge in [0.15, 0.2) is 4.34 Å². The fourth-order valence-corrected chi connectivity index (χ4v) is 6.86. The first-order chi connectivity index (χ1) is 20.6. The van der Waals surface area contributed by atoms with Crippen LogP contribution in [0.4, 0.5) is 9.52 Å². The van der Waals surface area contributed by atoms with Crippen LogP contribution >= 0.6 is 46.3 Å². The zero-order chi connectivity index (χ0) is 30.7. The van der Waals surface area contributed by atoms with Gasteiger partial charge >= 0.3 is 5.91 Å². The van der Waals surface area contributed by atoms with E-state index in [4.69, 9.17) is 27.9 Å². The molecule has 1 N–H and O–H groups in total. The summed E-state index contributed by atoms with van der Waals surface area (Å²) >= 11 is 14.8. The number of aliphatic hydroxyl groups excluding tert-OH is 1. The predicted molar refractivity (Wildman–Crippen MR) is 169 cm³/mol. The van der Waals surface area contributed by atoms with Crippen LogP contribution in [-0.2, 0) is 15.3 Å². The van der Waals surface area contributed by atoms with Crippen molar-refractivity contribution in [3.63, 3.8) is 0 Å². The first kappa shape index (κ1) is 31.0. The van der Waals surface area contributed by atoms with Crippen LogP contribution in [0.25, 0.3) is 5.76 Å². The number of benzene rings is 3. The van der Waals surface area contributed by atoms with E-state index in [0.717, 1.165) is 23.3 Å². The van der Waals surface area contributed by atoms with E-state index in [0.29, 0.717) is 44.0 Å². The van der Waals surface area contributed by atoms with Crippen LogP contribution in [0.2, 0.25) is 10.0 Å². The summed E-state index contributed by atoms with van der Waals surface area (Å²) in [5, 5.41) is 21.0. The maximum absolute atomic E-state index is 13.6. The minimum Gasteiger partial charge on any atom is -0.507 e. The molecule has 222 valence electrons. The Hall–Kier alpha value is -3.44. The fourth-order valence-electron chi connectivity index (χ4n) is 4.43. The van der Waals surface area contributed by atoms with Crippen molar-refractivity contribution in [2.45, 2.75) is 36.4 Å². The van der Waals surface area contributed by atoms with E-state index >= 15 is 0 Å². The van der Waals surface area contributed by atoms with E-state index in [1.54, 1.807) is 36.4 Å². The highest BCUT2D eigenvalue weighted by Crippen LogP contribution is 2.44. The van der Waals surface area contributed by atoms with Gasteiger partial charge in [-0.3, -0.25) is 14.5 Å². The Bertz CT molecular complexity index is 1690. The highest BCUT2D eigenvalue weighted by atomic mass is 35.5. The standard InChI is InChI=1S/C31H26Cl2FN3O4S2/c1-17(2)12-13-41-23-5-3-4-19(14-23)26-25(27(38)18-7-10-22(34)11-8-18)28(39)29(40)37(26)30-35-36-31(43-30)42-16-20-6-9-21(32)15-24(20)33/h3-11,14-15,17,26,38H,12-13,16H2,1-2H3/b27-25+. The second-order valence-electron chi connectivity index (χ2n) is 10.2. The third kappa shape index (κ3) is 7.04. The summed E-state index contributed by atoms with van der Waals surface area (Å²) < 4.78 is 20.1. The minimum atomic E-state index is -1.03. The number of ether oxygens (including phenoxy) is 1. The van der Waals surface area contributed by atoms with Gasteiger partial charge in [0.2, 0.25) is 5.13 Å². The molecule has 0 bridgehead atoms. The Balaban J connectivity index is 1.52. The second kappa shape index (κ2) is 13.5. The third-order valence-electron chi connectivity index (χ3n) is 6.67. The molecule has 1 aliphatic rings. The zero-order valence-corrected chi connectivity index (χ0v) is 26.2. The van der Waals surface area contributed by atoms with Crippen LogP contribution in [0.3, 0.4) is 0 Å². The Morgan fingerprint density at radius 2 is 1.86 bits per heavy atom. The van der Waals surface area contributed by atoms with Crippen LogP contribution in [0.15, 0.2) is 76.6 Å². The number of anilines is 1. The SMILES string of the molecule is CC(C)CCOc1cccc(C2/C(=C(\O)c3ccc(F)cc3)C(=O)C(=O)N2c2nnc(SCc3ccc(Cl)cc3Cl)s2)c1. The number of amides is 1. The molecule has 4 aromatic rings. The predicted octanol–water partition coefficient (Wildman–Crippen LogP) is 8.33. The van der Waals surface area contributed by atoms with Crippen LogP contribution in [0, 0.1) is 11.7 Å². The van der Waals surface area contributed by atoms with Crippen molar-refractivity contribution in [2.24, 2.45) is 5.92 Å². The number of Topliss-reactive ketones (excluding diaryl/α,β-unsaturated/α-hetero) is 1. The van der Waals surface area contributed by atoms with Crippen molar-refractivity contribution in [3.05, 3.63) is 105 Å². The van der Waals surface area contributed by atoms with Crippen molar-refractivity contribution in [3.8, 4) is 5.75 Å². The van der Waals surface area contributed by atoms with Crippen molar-refractivity contribution >= 4 is 68.9 Å². The smallest absolute Gasteiger partial charge is 0.301 e. The Morgan fingerprint density at radius 3 is 2.58 bits per heavy atom. The lowest BCUT2D eigenvalue weighted by Gasteiger charge is -2.23. The number of rotatable bonds is 10. The van der Waals surface area contributed by atoms with Gasteiger partial charge in [-0.1, -0.05) is 78.3 Å². The highest BCUT2D eigenvalue weighted by Gasteiger charge is 2.48. The summed E-state index contributed by atoms with van der Waals surface area (Å²) in [6.07, 6.45) is 0.847. The Kier molecular flexibility index (Phi) is 9.71. The van der Waals surface area contributed by atoms with Crippen LogP contribution in [0.5, 0.6) is 5.75 Å². The van der Waals surface area contributed by atoms with Gasteiger partial charge in [0.05, 0.1) is 18.2 Å². The van der Waals surface area contributed by atoms with Crippen LogP contribution in [0.1, 0.15) is 43.0 Å². The zero-order valence-electron chi connectivity index (χ0n) is 23.1. The van der Waals surface area contributed by atoms with E-state index in [9.17, 15) is 19.1 Å². The minimum absolute atomic E-state index is 0.145. The lowest BCUT2D eigenvalue weighted by molar-refractivity contribution is -0.132. The first-order valence-corrected chi connectivity index (χ1v) is 15.9. The van der Waals surface area contributed by atoms with Gasteiger partial charge in [-0.05, 0) is 72.0 Å². The summed E-state index contributed by atoms with van der Waals surface area (Å²) in [5.74, 6) is -1.20. The molecule has 1 fully saturated rings.